The lowest BCUT2D eigenvalue weighted by molar-refractivity contribution is -0.131. The molecule has 2 aromatic heterocycles. The Morgan fingerprint density at radius 3 is 2.43 bits per heavy atom. The van der Waals surface area contributed by atoms with Crippen molar-refractivity contribution in [3.8, 4) is 0 Å². The van der Waals surface area contributed by atoms with Gasteiger partial charge in [-0.3, -0.25) is 19.3 Å². The average molecular weight is 495 g/mol. The summed E-state index contributed by atoms with van der Waals surface area (Å²) in [5.41, 5.74) is 6.48. The number of thiophene rings is 1. The zero-order valence-electron chi connectivity index (χ0n) is 20.0. The number of nitrogens with zero attached hydrogens (tertiary/aromatic N) is 2. The molecule has 1 fully saturated rings. The van der Waals surface area contributed by atoms with Gasteiger partial charge in [-0.25, -0.2) is 0 Å². The lowest BCUT2D eigenvalue weighted by Gasteiger charge is -2.45. The first-order chi connectivity index (χ1) is 16.8. The summed E-state index contributed by atoms with van der Waals surface area (Å²) in [5, 5.41) is 8.30. The van der Waals surface area contributed by atoms with Crippen LogP contribution in [0.4, 0.5) is 11.5 Å². The van der Waals surface area contributed by atoms with Gasteiger partial charge in [-0.2, -0.15) is 0 Å². The summed E-state index contributed by atoms with van der Waals surface area (Å²) >= 11 is 1.42. The van der Waals surface area contributed by atoms with E-state index in [1.165, 1.54) is 11.3 Å². The largest absolute Gasteiger partial charge is 0.367 e. The number of aromatic nitrogens is 1. The monoisotopic (exact) mass is 494 g/mol. The molecule has 4 rings (SSSR count). The predicted molar refractivity (Wildman–Crippen MR) is 135 cm³/mol. The summed E-state index contributed by atoms with van der Waals surface area (Å²) in [6.45, 7) is 3.69. The molecule has 1 aliphatic carbocycles. The van der Waals surface area contributed by atoms with Crippen LogP contribution < -0.4 is 16.0 Å². The molecule has 1 aromatic carbocycles. The van der Waals surface area contributed by atoms with Gasteiger partial charge in [0, 0.05) is 29.5 Å². The second-order valence-corrected chi connectivity index (χ2v) is 9.97. The quantitative estimate of drug-likeness (QED) is 0.448. The lowest BCUT2D eigenvalue weighted by atomic mass is 9.78. The van der Waals surface area contributed by atoms with Crippen molar-refractivity contribution in [3.63, 3.8) is 0 Å². The molecule has 3 amide bonds. The van der Waals surface area contributed by atoms with Crippen LogP contribution in [-0.2, 0) is 19.9 Å². The van der Waals surface area contributed by atoms with E-state index in [1.807, 2.05) is 48.7 Å². The van der Waals surface area contributed by atoms with E-state index in [2.05, 4.69) is 10.5 Å². The fourth-order valence-electron chi connectivity index (χ4n) is 4.97. The van der Waals surface area contributed by atoms with E-state index >= 15 is 0 Å². The van der Waals surface area contributed by atoms with E-state index in [0.29, 0.717) is 17.3 Å². The smallest absolute Gasteiger partial charge is 0.249 e. The molecule has 9 heteroatoms. The number of rotatable bonds is 9. The number of nitrogens with two attached hydrogens (primary N) is 1. The Bertz CT molecular complexity index is 1180. The van der Waals surface area contributed by atoms with Crippen LogP contribution >= 0.6 is 11.3 Å². The Kier molecular flexibility index (Phi) is 7.35. The van der Waals surface area contributed by atoms with Gasteiger partial charge in [-0.05, 0) is 56.2 Å². The minimum absolute atomic E-state index is 0.0724. The molecule has 0 bridgehead atoms. The molecule has 0 saturated heterocycles. The zero-order valence-corrected chi connectivity index (χ0v) is 20.8. The number of anilines is 2. The first-order valence-corrected chi connectivity index (χ1v) is 12.7. The van der Waals surface area contributed by atoms with Gasteiger partial charge in [0.15, 0.2) is 11.4 Å². The van der Waals surface area contributed by atoms with E-state index in [-0.39, 0.29) is 30.6 Å². The Balaban J connectivity index is 1.70. The molecule has 1 unspecified atom stereocenters. The number of nitrogens with one attached hydrogen (secondary N) is 1. The molecule has 3 N–H and O–H groups in total. The maximum absolute atomic E-state index is 13.9. The molecular weight excluding hydrogens is 464 g/mol. The van der Waals surface area contributed by atoms with Crippen molar-refractivity contribution < 1.29 is 18.9 Å². The van der Waals surface area contributed by atoms with Crippen LogP contribution in [0.3, 0.4) is 0 Å². The Hall–Kier alpha value is -3.46. The Labute approximate surface area is 208 Å². The van der Waals surface area contributed by atoms with E-state index in [1.54, 1.807) is 17.9 Å². The van der Waals surface area contributed by atoms with Crippen LogP contribution in [0.25, 0.3) is 0 Å². The third-order valence-electron chi connectivity index (χ3n) is 6.57. The van der Waals surface area contributed by atoms with Crippen molar-refractivity contribution >= 4 is 40.6 Å². The van der Waals surface area contributed by atoms with Gasteiger partial charge in [-0.15, -0.1) is 11.3 Å². The highest BCUT2D eigenvalue weighted by Gasteiger charge is 2.54. The number of hydrogen-bond acceptors (Lipinski definition) is 6. The SMILES string of the molecule is Cc1ccc(N(C(=O)CCC(=O)Nc2cc(C)on2)C(C(N)=O)(c2cccs2)C2CCCC2)cc1. The molecule has 2 heterocycles. The standard InChI is InChI=1S/C26H30N4O4S/c1-17-9-11-20(12-10-17)30(24(32)14-13-23(31)28-22-16-18(2)34-29-22)26(25(27)33,19-6-3-4-7-19)21-8-5-15-35-21/h5,8-12,15-16,19H,3-4,6-7,13-14H2,1-2H3,(H2,27,33)(H,28,29,31). The second kappa shape index (κ2) is 10.4. The predicted octanol–water partition coefficient (Wildman–Crippen LogP) is 4.68. The molecule has 0 spiro atoms. The Morgan fingerprint density at radius 1 is 1.14 bits per heavy atom. The maximum atomic E-state index is 13.9. The van der Waals surface area contributed by atoms with Crippen molar-refractivity contribution in [2.75, 3.05) is 10.2 Å². The van der Waals surface area contributed by atoms with Crippen molar-refractivity contribution in [1.29, 1.82) is 0 Å². The van der Waals surface area contributed by atoms with Crippen molar-refractivity contribution in [2.24, 2.45) is 11.7 Å². The molecule has 1 saturated carbocycles. The fraction of sp³-hybridized carbons (Fsp3) is 0.385. The molecule has 0 aliphatic heterocycles. The minimum atomic E-state index is -1.32. The first kappa shape index (κ1) is 24.7. The number of amides is 3. The zero-order chi connectivity index (χ0) is 25.0. The van der Waals surface area contributed by atoms with Gasteiger partial charge in [0.25, 0.3) is 0 Å². The van der Waals surface area contributed by atoms with E-state index < -0.39 is 11.4 Å². The van der Waals surface area contributed by atoms with Crippen LogP contribution in [0.2, 0.25) is 0 Å². The molecule has 1 atom stereocenters. The minimum Gasteiger partial charge on any atom is -0.367 e. The highest BCUT2D eigenvalue weighted by Crippen LogP contribution is 2.48. The topological polar surface area (TPSA) is 119 Å². The van der Waals surface area contributed by atoms with Gasteiger partial charge >= 0.3 is 0 Å². The highest BCUT2D eigenvalue weighted by atomic mass is 32.1. The first-order valence-electron chi connectivity index (χ1n) is 11.8. The van der Waals surface area contributed by atoms with Gasteiger partial charge in [-0.1, -0.05) is 41.8 Å². The van der Waals surface area contributed by atoms with Crippen molar-refractivity contribution in [3.05, 3.63) is 64.0 Å². The molecule has 8 nitrogen and oxygen atoms in total. The van der Waals surface area contributed by atoms with E-state index in [9.17, 15) is 14.4 Å². The summed E-state index contributed by atoms with van der Waals surface area (Å²) in [6.07, 6.45) is 3.37. The molecule has 184 valence electrons. The van der Waals surface area contributed by atoms with Gasteiger partial charge in [0.05, 0.1) is 0 Å². The normalized spacial score (nSPS) is 15.5. The molecular formula is C26H30N4O4S. The molecule has 0 radical (unpaired) electrons. The van der Waals surface area contributed by atoms with Crippen molar-refractivity contribution in [2.45, 2.75) is 57.9 Å². The fourth-order valence-corrected chi connectivity index (χ4v) is 5.97. The maximum Gasteiger partial charge on any atom is 0.249 e. The lowest BCUT2D eigenvalue weighted by Crippen LogP contribution is -2.61. The van der Waals surface area contributed by atoms with Crippen LogP contribution in [0.1, 0.15) is 54.7 Å². The van der Waals surface area contributed by atoms with Gasteiger partial charge < -0.3 is 15.6 Å². The number of primary amides is 1. The third kappa shape index (κ3) is 5.00. The van der Waals surface area contributed by atoms with Crippen LogP contribution in [0.15, 0.2) is 52.4 Å². The number of benzene rings is 1. The number of hydrogen-bond donors (Lipinski definition) is 2. The van der Waals surface area contributed by atoms with Crippen LogP contribution in [-0.4, -0.2) is 22.9 Å². The highest BCUT2D eigenvalue weighted by molar-refractivity contribution is 7.10. The van der Waals surface area contributed by atoms with Crippen LogP contribution in [0.5, 0.6) is 0 Å². The second-order valence-electron chi connectivity index (χ2n) is 9.02. The average Bonchev–Trinajstić information content (AvgIpc) is 3.60. The molecule has 35 heavy (non-hydrogen) atoms. The summed E-state index contributed by atoms with van der Waals surface area (Å²) in [4.78, 5) is 42.2. The molecule has 3 aromatic rings. The van der Waals surface area contributed by atoms with E-state index in [4.69, 9.17) is 10.3 Å². The Morgan fingerprint density at radius 2 is 1.86 bits per heavy atom. The van der Waals surface area contributed by atoms with Crippen molar-refractivity contribution in [1.82, 2.24) is 5.16 Å². The van der Waals surface area contributed by atoms with Gasteiger partial charge in [0.2, 0.25) is 17.7 Å². The van der Waals surface area contributed by atoms with Gasteiger partial charge in [0.1, 0.15) is 5.76 Å². The summed E-state index contributed by atoms with van der Waals surface area (Å²) < 4.78 is 4.98. The summed E-state index contributed by atoms with van der Waals surface area (Å²) in [7, 11) is 0. The summed E-state index contributed by atoms with van der Waals surface area (Å²) in [5.74, 6) is -0.497. The number of aryl methyl sites for hydroxylation is 2. The van der Waals surface area contributed by atoms with E-state index in [0.717, 1.165) is 36.1 Å². The molecule has 1 aliphatic rings. The summed E-state index contributed by atoms with van der Waals surface area (Å²) in [6, 6.07) is 12.8. The number of carbonyl (C=O) groups excluding carboxylic acids is 3. The number of carbonyl (C=O) groups is 3. The van der Waals surface area contributed by atoms with Crippen LogP contribution in [0, 0.1) is 19.8 Å². The third-order valence-corrected chi connectivity index (χ3v) is 7.57.